The molecule has 4 aromatic carbocycles. The third kappa shape index (κ3) is 2.43. The Hall–Kier alpha value is -3.52. The van der Waals surface area contributed by atoms with Gasteiger partial charge in [0.05, 0.1) is 11.0 Å². The quantitative estimate of drug-likeness (QED) is 0.293. The minimum Gasteiger partial charge on any atom is -0.340 e. The molecule has 0 fully saturated rings. The van der Waals surface area contributed by atoms with Crippen LogP contribution in [0, 0.1) is 0 Å². The van der Waals surface area contributed by atoms with E-state index in [1.807, 2.05) is 0 Å². The van der Waals surface area contributed by atoms with E-state index in [0.29, 0.717) is 0 Å². The lowest BCUT2D eigenvalue weighted by Gasteiger charge is -2.10. The van der Waals surface area contributed by atoms with E-state index < -0.39 is 0 Å². The van der Waals surface area contributed by atoms with Crippen molar-refractivity contribution in [1.29, 1.82) is 0 Å². The topological polar surface area (TPSA) is 9.86 Å². The maximum atomic E-state index is 2.49. The van der Waals surface area contributed by atoms with Gasteiger partial charge in [-0.05, 0) is 42.8 Å². The van der Waals surface area contributed by atoms with Crippen LogP contribution in [0.3, 0.4) is 0 Å². The van der Waals surface area contributed by atoms with Crippen LogP contribution < -0.4 is 0 Å². The molecule has 0 radical (unpaired) electrons. The Labute approximate surface area is 176 Å². The Morgan fingerprint density at radius 2 is 1.10 bits per heavy atom. The number of hydrogen-bond donors (Lipinski definition) is 0. The fourth-order valence-corrected chi connectivity index (χ4v) is 4.94. The van der Waals surface area contributed by atoms with Crippen LogP contribution in [0.5, 0.6) is 0 Å². The maximum Gasteiger partial charge on any atom is 0.0541 e. The molecule has 6 rings (SSSR count). The molecule has 2 heterocycles. The summed E-state index contributed by atoms with van der Waals surface area (Å²) in [5.41, 5.74) is 6.40. The summed E-state index contributed by atoms with van der Waals surface area (Å²) in [5, 5.41) is 5.28. The van der Waals surface area contributed by atoms with Crippen LogP contribution in [0.15, 0.2) is 91.0 Å². The molecule has 146 valence electrons. The Morgan fingerprint density at radius 3 is 1.73 bits per heavy atom. The highest BCUT2D eigenvalue weighted by atomic mass is 15.0. The lowest BCUT2D eigenvalue weighted by molar-refractivity contribution is 0.665. The highest BCUT2D eigenvalue weighted by Crippen LogP contribution is 2.35. The van der Waals surface area contributed by atoms with Crippen LogP contribution in [0.4, 0.5) is 0 Å². The van der Waals surface area contributed by atoms with Gasteiger partial charge in [0.1, 0.15) is 0 Å². The van der Waals surface area contributed by atoms with Gasteiger partial charge in [0.15, 0.2) is 0 Å². The zero-order chi connectivity index (χ0) is 20.1. The molecule has 0 aliphatic heterocycles. The van der Waals surface area contributed by atoms with E-state index in [9.17, 15) is 0 Å². The molecular weight excluding hydrogens is 364 g/mol. The first-order chi connectivity index (χ1) is 14.9. The Balaban J connectivity index is 1.68. The number of rotatable bonds is 4. The van der Waals surface area contributed by atoms with Crippen molar-refractivity contribution in [3.8, 4) is 5.69 Å². The molecular formula is C28H24N2. The Bertz CT molecular complexity index is 1480. The third-order valence-corrected chi connectivity index (χ3v) is 6.33. The number of hydrogen-bond acceptors (Lipinski definition) is 0. The summed E-state index contributed by atoms with van der Waals surface area (Å²) in [6.45, 7) is 3.32. The van der Waals surface area contributed by atoms with Crippen molar-refractivity contribution in [2.75, 3.05) is 0 Å². The van der Waals surface area contributed by atoms with Gasteiger partial charge in [0.25, 0.3) is 0 Å². The summed E-state index contributed by atoms with van der Waals surface area (Å²) in [4.78, 5) is 0. The van der Waals surface area contributed by atoms with E-state index in [-0.39, 0.29) is 0 Å². The molecule has 0 atom stereocenters. The summed E-state index contributed by atoms with van der Waals surface area (Å²) in [5.74, 6) is 0. The number of aromatic nitrogens is 2. The molecule has 0 aliphatic rings. The van der Waals surface area contributed by atoms with Crippen molar-refractivity contribution in [3.05, 3.63) is 91.0 Å². The first-order valence-electron chi connectivity index (χ1n) is 10.9. The predicted molar refractivity (Wildman–Crippen MR) is 129 cm³/mol. The van der Waals surface area contributed by atoms with Gasteiger partial charge in [-0.15, -0.1) is 0 Å². The highest BCUT2D eigenvalue weighted by molar-refractivity contribution is 6.11. The summed E-state index contributed by atoms with van der Waals surface area (Å²) in [6.07, 6.45) is 2.40. The zero-order valence-corrected chi connectivity index (χ0v) is 17.2. The van der Waals surface area contributed by atoms with E-state index in [4.69, 9.17) is 0 Å². The van der Waals surface area contributed by atoms with Crippen LogP contribution in [-0.2, 0) is 6.54 Å². The third-order valence-electron chi connectivity index (χ3n) is 6.33. The van der Waals surface area contributed by atoms with Gasteiger partial charge in [-0.1, -0.05) is 67.9 Å². The highest BCUT2D eigenvalue weighted by Gasteiger charge is 2.14. The van der Waals surface area contributed by atoms with Crippen molar-refractivity contribution in [2.45, 2.75) is 26.3 Å². The first-order valence-corrected chi connectivity index (χ1v) is 10.9. The summed E-state index contributed by atoms with van der Waals surface area (Å²) in [7, 11) is 0. The second-order valence-electron chi connectivity index (χ2n) is 8.09. The van der Waals surface area contributed by atoms with Crippen molar-refractivity contribution in [2.24, 2.45) is 0 Å². The minimum atomic E-state index is 1.06. The molecule has 0 unspecified atom stereocenters. The zero-order valence-electron chi connectivity index (χ0n) is 17.2. The number of fused-ring (bicyclic) bond motifs is 6. The monoisotopic (exact) mass is 388 g/mol. The van der Waals surface area contributed by atoms with Crippen molar-refractivity contribution >= 4 is 43.6 Å². The van der Waals surface area contributed by atoms with Gasteiger partial charge in [-0.3, -0.25) is 0 Å². The molecule has 30 heavy (non-hydrogen) atoms. The molecule has 0 aliphatic carbocycles. The van der Waals surface area contributed by atoms with Crippen LogP contribution in [0.2, 0.25) is 0 Å². The second-order valence-corrected chi connectivity index (χ2v) is 8.09. The molecule has 2 aromatic heterocycles. The fraction of sp³-hybridized carbons (Fsp3) is 0.143. The molecule has 0 amide bonds. The van der Waals surface area contributed by atoms with E-state index in [1.54, 1.807) is 0 Å². The summed E-state index contributed by atoms with van der Waals surface area (Å²) < 4.78 is 4.89. The van der Waals surface area contributed by atoms with Crippen molar-refractivity contribution < 1.29 is 0 Å². The molecule has 2 nitrogen and oxygen atoms in total. The molecule has 0 bridgehead atoms. The van der Waals surface area contributed by atoms with Crippen LogP contribution in [0.25, 0.3) is 49.3 Å². The number of aryl methyl sites for hydroxylation is 1. The molecule has 0 N–H and O–H groups in total. The number of unbranched alkanes of at least 4 members (excludes halogenated alkanes) is 1. The lowest BCUT2D eigenvalue weighted by atomic mass is 10.1. The Kier molecular flexibility index (Phi) is 3.92. The Morgan fingerprint density at radius 1 is 0.567 bits per heavy atom. The number of benzene rings is 4. The molecule has 0 spiro atoms. The molecule has 0 saturated heterocycles. The van der Waals surface area contributed by atoms with Gasteiger partial charge < -0.3 is 9.13 Å². The smallest absolute Gasteiger partial charge is 0.0541 e. The second kappa shape index (κ2) is 6.77. The maximum absolute atomic E-state index is 2.49. The van der Waals surface area contributed by atoms with E-state index in [0.717, 1.165) is 6.54 Å². The van der Waals surface area contributed by atoms with Crippen LogP contribution in [0.1, 0.15) is 19.8 Å². The van der Waals surface area contributed by atoms with Gasteiger partial charge in [-0.25, -0.2) is 0 Å². The normalized spacial score (nSPS) is 11.9. The largest absolute Gasteiger partial charge is 0.340 e. The van der Waals surface area contributed by atoms with Crippen LogP contribution >= 0.6 is 0 Å². The predicted octanol–water partition coefficient (Wildman–Crippen LogP) is 7.69. The molecule has 2 heteroatoms. The van der Waals surface area contributed by atoms with E-state index in [2.05, 4.69) is 107 Å². The number of para-hydroxylation sites is 3. The standard InChI is InChI=1S/C28H24N2/c1-2-3-18-29-25-13-7-4-12-23(25)24-19-20(16-17-26(24)29)30-27-14-8-5-10-21(27)22-11-6-9-15-28(22)30/h4-17,19H,2-3,18H2,1H3. The van der Waals surface area contributed by atoms with Gasteiger partial charge in [0.2, 0.25) is 0 Å². The van der Waals surface area contributed by atoms with Crippen molar-refractivity contribution in [1.82, 2.24) is 9.13 Å². The van der Waals surface area contributed by atoms with E-state index in [1.165, 1.54) is 62.1 Å². The molecule has 6 aromatic rings. The fourth-order valence-electron chi connectivity index (χ4n) is 4.94. The van der Waals surface area contributed by atoms with Crippen molar-refractivity contribution in [3.63, 3.8) is 0 Å². The summed E-state index contributed by atoms with van der Waals surface area (Å²) >= 11 is 0. The molecule has 0 saturated carbocycles. The first kappa shape index (κ1) is 17.3. The summed E-state index contributed by atoms with van der Waals surface area (Å²) in [6, 6.07) is 33.2. The lowest BCUT2D eigenvalue weighted by Crippen LogP contribution is -1.97. The van der Waals surface area contributed by atoms with Gasteiger partial charge in [0, 0.05) is 44.8 Å². The SMILES string of the molecule is CCCCn1c2ccccc2c2cc(-n3c4ccccc4c4ccccc43)ccc21. The average molecular weight is 389 g/mol. The van der Waals surface area contributed by atoms with Gasteiger partial charge in [-0.2, -0.15) is 0 Å². The van der Waals surface area contributed by atoms with E-state index >= 15 is 0 Å². The minimum absolute atomic E-state index is 1.06. The average Bonchev–Trinajstić information content (AvgIpc) is 3.30. The van der Waals surface area contributed by atoms with Crippen LogP contribution in [-0.4, -0.2) is 9.13 Å². The number of nitrogens with zero attached hydrogens (tertiary/aromatic N) is 2. The van der Waals surface area contributed by atoms with Gasteiger partial charge >= 0.3 is 0 Å².